The quantitative estimate of drug-likeness (QED) is 0.250. The van der Waals surface area contributed by atoms with Gasteiger partial charge in [-0.3, -0.25) is 15.4 Å². The van der Waals surface area contributed by atoms with Crippen molar-refractivity contribution in [1.29, 1.82) is 0 Å². The molecule has 4 rings (SSSR count). The molecule has 1 aromatic rings. The molecule has 3 aliphatic rings. The molecule has 9 nitrogen and oxygen atoms in total. The van der Waals surface area contributed by atoms with E-state index in [4.69, 9.17) is 5.14 Å². The normalized spacial score (nSPS) is 27.0. The number of nitro benzene ring substituents is 1. The van der Waals surface area contributed by atoms with Crippen LogP contribution in [0, 0.1) is 22.0 Å². The van der Waals surface area contributed by atoms with E-state index in [-0.39, 0.29) is 16.6 Å². The molecular weight excluding hydrogens is 406 g/mol. The SMILES string of the molecule is NS(=O)(=O)c1ccc(NC2(NCC3CC3)CCCCC2NCC2CC2)c([N+](=O)[O-])c1. The number of nitrogens with one attached hydrogen (secondary N) is 3. The van der Waals surface area contributed by atoms with Gasteiger partial charge in [-0.25, -0.2) is 13.6 Å². The molecule has 0 saturated heterocycles. The van der Waals surface area contributed by atoms with E-state index in [1.54, 1.807) is 0 Å². The Balaban J connectivity index is 1.63. The summed E-state index contributed by atoms with van der Waals surface area (Å²) in [4.78, 5) is 10.9. The minimum Gasteiger partial charge on any atom is -0.360 e. The Labute approximate surface area is 177 Å². The maximum Gasteiger partial charge on any atom is 0.293 e. The van der Waals surface area contributed by atoms with Crippen LogP contribution in [-0.4, -0.2) is 38.1 Å². The van der Waals surface area contributed by atoms with E-state index in [2.05, 4.69) is 16.0 Å². The Kier molecular flexibility index (Phi) is 6.02. The molecule has 3 aliphatic carbocycles. The van der Waals surface area contributed by atoms with Gasteiger partial charge in [-0.2, -0.15) is 0 Å². The third-order valence-corrected chi connectivity index (χ3v) is 7.42. The molecule has 0 radical (unpaired) electrons. The first-order valence-corrected chi connectivity index (χ1v) is 12.4. The van der Waals surface area contributed by atoms with Crippen LogP contribution in [0.1, 0.15) is 51.4 Å². The average molecular weight is 438 g/mol. The van der Waals surface area contributed by atoms with Crippen LogP contribution in [0.15, 0.2) is 23.1 Å². The Morgan fingerprint density at radius 1 is 1.10 bits per heavy atom. The van der Waals surface area contributed by atoms with E-state index < -0.39 is 20.6 Å². The van der Waals surface area contributed by atoms with E-state index in [0.29, 0.717) is 11.6 Å². The van der Waals surface area contributed by atoms with Gasteiger partial charge in [0.1, 0.15) is 11.4 Å². The highest BCUT2D eigenvalue weighted by Gasteiger charge is 2.43. The van der Waals surface area contributed by atoms with Crippen LogP contribution in [0.4, 0.5) is 11.4 Å². The second kappa shape index (κ2) is 8.41. The fourth-order valence-electron chi connectivity index (χ4n) is 4.32. The molecule has 3 fully saturated rings. The maximum absolute atomic E-state index is 11.7. The lowest BCUT2D eigenvalue weighted by Crippen LogP contribution is -2.66. The van der Waals surface area contributed by atoms with Crippen molar-refractivity contribution >= 4 is 21.4 Å². The Hall–Kier alpha value is -1.75. The van der Waals surface area contributed by atoms with Crippen LogP contribution in [0.25, 0.3) is 0 Å². The summed E-state index contributed by atoms with van der Waals surface area (Å²) in [5.41, 5.74) is -0.472. The molecule has 0 aromatic heterocycles. The van der Waals surface area contributed by atoms with Gasteiger partial charge in [-0.15, -0.1) is 0 Å². The number of benzene rings is 1. The van der Waals surface area contributed by atoms with Crippen molar-refractivity contribution < 1.29 is 13.3 Å². The molecule has 0 heterocycles. The second-order valence-corrected chi connectivity index (χ2v) is 10.6. The minimum absolute atomic E-state index is 0.142. The third kappa shape index (κ3) is 5.11. The molecule has 30 heavy (non-hydrogen) atoms. The molecule has 10 heteroatoms. The van der Waals surface area contributed by atoms with Gasteiger partial charge in [0, 0.05) is 18.7 Å². The van der Waals surface area contributed by atoms with Crippen LogP contribution in [0.5, 0.6) is 0 Å². The Morgan fingerprint density at radius 3 is 2.43 bits per heavy atom. The first-order chi connectivity index (χ1) is 14.3. The summed E-state index contributed by atoms with van der Waals surface area (Å²) < 4.78 is 23.4. The Morgan fingerprint density at radius 2 is 1.80 bits per heavy atom. The summed E-state index contributed by atoms with van der Waals surface area (Å²) in [5, 5.41) is 27.8. The molecule has 0 spiro atoms. The number of hydrogen-bond donors (Lipinski definition) is 4. The molecular formula is C20H31N5O4S. The van der Waals surface area contributed by atoms with Crippen LogP contribution in [0.3, 0.4) is 0 Å². The molecule has 0 bridgehead atoms. The molecule has 3 saturated carbocycles. The van der Waals surface area contributed by atoms with E-state index in [1.807, 2.05) is 0 Å². The average Bonchev–Trinajstić information content (AvgIpc) is 3.60. The number of rotatable bonds is 10. The van der Waals surface area contributed by atoms with E-state index in [9.17, 15) is 18.5 Å². The first kappa shape index (κ1) is 21.5. The zero-order valence-corrected chi connectivity index (χ0v) is 17.9. The zero-order valence-electron chi connectivity index (χ0n) is 17.1. The summed E-state index contributed by atoms with van der Waals surface area (Å²) in [5.74, 6) is 1.39. The zero-order chi connectivity index (χ0) is 21.4. The van der Waals surface area contributed by atoms with Crippen molar-refractivity contribution in [2.45, 2.75) is 68.0 Å². The smallest absolute Gasteiger partial charge is 0.293 e. The van der Waals surface area contributed by atoms with Gasteiger partial charge < -0.3 is 10.6 Å². The summed E-state index contributed by atoms with van der Waals surface area (Å²) in [6.07, 6.45) is 8.92. The number of anilines is 1. The van der Waals surface area contributed by atoms with Gasteiger partial charge in [0.2, 0.25) is 10.0 Å². The summed E-state index contributed by atoms with van der Waals surface area (Å²) in [6, 6.07) is 3.98. The van der Waals surface area contributed by atoms with Crippen molar-refractivity contribution in [1.82, 2.24) is 10.6 Å². The van der Waals surface area contributed by atoms with Crippen LogP contribution >= 0.6 is 0 Å². The monoisotopic (exact) mass is 437 g/mol. The molecule has 2 unspecified atom stereocenters. The van der Waals surface area contributed by atoms with E-state index >= 15 is 0 Å². The van der Waals surface area contributed by atoms with Gasteiger partial charge in [0.05, 0.1) is 9.82 Å². The van der Waals surface area contributed by atoms with Crippen molar-refractivity contribution in [2.75, 3.05) is 18.4 Å². The highest BCUT2D eigenvalue weighted by atomic mass is 32.2. The van der Waals surface area contributed by atoms with Gasteiger partial charge in [0.25, 0.3) is 5.69 Å². The highest BCUT2D eigenvalue weighted by molar-refractivity contribution is 7.89. The van der Waals surface area contributed by atoms with Crippen molar-refractivity contribution in [3.05, 3.63) is 28.3 Å². The number of nitrogens with zero attached hydrogens (tertiary/aromatic N) is 1. The minimum atomic E-state index is -4.02. The number of sulfonamides is 1. The molecule has 166 valence electrons. The van der Waals surface area contributed by atoms with Crippen molar-refractivity contribution in [3.8, 4) is 0 Å². The fraction of sp³-hybridized carbons (Fsp3) is 0.700. The van der Waals surface area contributed by atoms with Gasteiger partial charge in [-0.05, 0) is 75.5 Å². The van der Waals surface area contributed by atoms with E-state index in [0.717, 1.165) is 50.8 Å². The van der Waals surface area contributed by atoms with Gasteiger partial charge in [-0.1, -0.05) is 6.42 Å². The molecule has 5 N–H and O–H groups in total. The van der Waals surface area contributed by atoms with Crippen molar-refractivity contribution in [2.24, 2.45) is 17.0 Å². The van der Waals surface area contributed by atoms with Crippen molar-refractivity contribution in [3.63, 3.8) is 0 Å². The summed E-state index contributed by atoms with van der Waals surface area (Å²) in [6.45, 7) is 1.84. The fourth-order valence-corrected chi connectivity index (χ4v) is 4.85. The first-order valence-electron chi connectivity index (χ1n) is 10.8. The molecule has 1 aromatic carbocycles. The number of nitro groups is 1. The number of primary sulfonamides is 1. The van der Waals surface area contributed by atoms with Gasteiger partial charge in [0.15, 0.2) is 0 Å². The molecule has 2 atom stereocenters. The topological polar surface area (TPSA) is 139 Å². The summed E-state index contributed by atoms with van der Waals surface area (Å²) >= 11 is 0. The lowest BCUT2D eigenvalue weighted by Gasteiger charge is -2.46. The predicted molar refractivity (Wildman–Crippen MR) is 115 cm³/mol. The highest BCUT2D eigenvalue weighted by Crippen LogP contribution is 2.37. The largest absolute Gasteiger partial charge is 0.360 e. The lowest BCUT2D eigenvalue weighted by molar-refractivity contribution is -0.384. The number of hydrogen-bond acceptors (Lipinski definition) is 7. The maximum atomic E-state index is 11.7. The van der Waals surface area contributed by atoms with E-state index in [1.165, 1.54) is 37.8 Å². The van der Waals surface area contributed by atoms with Crippen LogP contribution in [-0.2, 0) is 10.0 Å². The standard InChI is InChI=1S/C20H31N5O4S/c21-30(28,29)16-8-9-17(18(11-16)25(26)27)24-20(23-13-15-6-7-15)10-2-1-3-19(20)22-12-14-4-5-14/h8-9,11,14-15,19,22-24H,1-7,10,12-13H2,(H2,21,28,29). The van der Waals surface area contributed by atoms with Gasteiger partial charge >= 0.3 is 0 Å². The molecule has 0 aliphatic heterocycles. The lowest BCUT2D eigenvalue weighted by atomic mass is 9.83. The molecule has 0 amide bonds. The summed E-state index contributed by atoms with van der Waals surface area (Å²) in [7, 11) is -4.02. The number of nitrogens with two attached hydrogens (primary N) is 1. The third-order valence-electron chi connectivity index (χ3n) is 6.51. The second-order valence-electron chi connectivity index (χ2n) is 9.05. The Bertz CT molecular complexity index is 900. The van der Waals surface area contributed by atoms with Crippen LogP contribution < -0.4 is 21.1 Å². The van der Waals surface area contributed by atoms with Crippen LogP contribution in [0.2, 0.25) is 0 Å². The predicted octanol–water partition coefficient (Wildman–Crippen LogP) is 2.29.